The third kappa shape index (κ3) is 7.11. The number of thioether (sulfide) groups is 1. The summed E-state index contributed by atoms with van der Waals surface area (Å²) in [5.74, 6) is -2.34. The monoisotopic (exact) mass is 583 g/mol. The Morgan fingerprint density at radius 2 is 1.61 bits per heavy atom. The largest absolute Gasteiger partial charge is 0.548 e. The van der Waals surface area contributed by atoms with E-state index in [4.69, 9.17) is 4.74 Å². The number of hydrogen-bond donors (Lipinski definition) is 1. The van der Waals surface area contributed by atoms with Crippen molar-refractivity contribution in [1.29, 1.82) is 0 Å². The average molecular weight is 584 g/mol. The molecule has 0 aromatic heterocycles. The van der Waals surface area contributed by atoms with E-state index in [1.165, 1.54) is 36.3 Å². The van der Waals surface area contributed by atoms with Crippen molar-refractivity contribution in [3.63, 3.8) is 0 Å². The van der Waals surface area contributed by atoms with Crippen LogP contribution in [0.15, 0.2) is 48.5 Å². The van der Waals surface area contributed by atoms with Crippen molar-refractivity contribution in [3.8, 4) is 5.75 Å². The van der Waals surface area contributed by atoms with E-state index < -0.39 is 46.1 Å². The molecule has 0 spiro atoms. The molecule has 41 heavy (non-hydrogen) atoms. The van der Waals surface area contributed by atoms with Gasteiger partial charge in [0.15, 0.2) is 6.04 Å². The summed E-state index contributed by atoms with van der Waals surface area (Å²) in [5, 5.41) is 11.1. The Labute approximate surface area is 246 Å². The van der Waals surface area contributed by atoms with Gasteiger partial charge in [-0.05, 0) is 77.3 Å². The Balaban J connectivity index is 0.000000587. The van der Waals surface area contributed by atoms with Gasteiger partial charge in [0.25, 0.3) is 5.91 Å². The van der Waals surface area contributed by atoms with Gasteiger partial charge in [-0.2, -0.15) is 0 Å². The minimum atomic E-state index is -1.37. The molecule has 3 atom stereocenters. The van der Waals surface area contributed by atoms with Crippen molar-refractivity contribution in [1.82, 2.24) is 9.80 Å². The van der Waals surface area contributed by atoms with Crippen molar-refractivity contribution < 1.29 is 33.9 Å². The first kappa shape index (κ1) is 32.1. The van der Waals surface area contributed by atoms with E-state index in [0.717, 1.165) is 16.0 Å². The average Bonchev–Trinajstić information content (AvgIpc) is 3.18. The number of β-lactam (4-membered cyclic amide) rings is 1. The SMILES string of the molecule is CC[NH+](CC)CC.Cc1ccc(OC(=O)N(C(=O)Cc2ccccc2)C2C(=O)N3C(C(=O)[O-])C(C)(C)S[C@H]23)cc1C. The number of carbonyl (C=O) groups excluding carboxylic acids is 4. The Hall–Kier alpha value is -3.37. The zero-order chi connectivity index (χ0) is 30.5. The van der Waals surface area contributed by atoms with Gasteiger partial charge in [0.05, 0.1) is 38.1 Å². The van der Waals surface area contributed by atoms with E-state index in [1.54, 1.807) is 61.2 Å². The van der Waals surface area contributed by atoms with Crippen LogP contribution in [-0.2, 0) is 20.8 Å². The highest BCUT2D eigenvalue weighted by molar-refractivity contribution is 8.01. The minimum Gasteiger partial charge on any atom is -0.548 e. The first-order valence-corrected chi connectivity index (χ1v) is 14.9. The Morgan fingerprint density at radius 3 is 2.12 bits per heavy atom. The fraction of sp³-hybridized carbons (Fsp3) is 0.484. The van der Waals surface area contributed by atoms with Gasteiger partial charge in [-0.15, -0.1) is 11.8 Å². The third-order valence-electron chi connectivity index (χ3n) is 7.76. The maximum Gasteiger partial charge on any atom is 0.422 e. The van der Waals surface area contributed by atoms with Crippen molar-refractivity contribution in [2.45, 2.75) is 77.1 Å². The zero-order valence-corrected chi connectivity index (χ0v) is 25.7. The molecule has 3 amide bonds. The Kier molecular flexibility index (Phi) is 10.6. The van der Waals surface area contributed by atoms with Crippen LogP contribution in [-0.4, -0.2) is 75.5 Å². The number of nitrogens with zero attached hydrogens (tertiary/aromatic N) is 2. The molecule has 2 heterocycles. The van der Waals surface area contributed by atoms with Crippen LogP contribution >= 0.6 is 11.8 Å². The van der Waals surface area contributed by atoms with E-state index in [0.29, 0.717) is 5.56 Å². The maximum atomic E-state index is 13.3. The number of quaternary nitrogens is 1. The van der Waals surface area contributed by atoms with E-state index in [-0.39, 0.29) is 12.2 Å². The molecule has 0 bridgehead atoms. The molecule has 0 aliphatic carbocycles. The van der Waals surface area contributed by atoms with Gasteiger partial charge < -0.3 is 24.4 Å². The maximum absolute atomic E-state index is 13.3. The lowest BCUT2D eigenvalue weighted by Gasteiger charge is -2.48. The number of ether oxygens (including phenoxy) is 1. The van der Waals surface area contributed by atoms with Gasteiger partial charge in [-0.1, -0.05) is 36.4 Å². The number of carbonyl (C=O) groups is 4. The summed E-state index contributed by atoms with van der Waals surface area (Å²) in [6.07, 6.45) is -1.09. The number of aryl methyl sites for hydroxylation is 2. The number of aliphatic carboxylic acids is 1. The van der Waals surface area contributed by atoms with Crippen LogP contribution in [0.2, 0.25) is 0 Å². The molecule has 2 aliphatic rings. The van der Waals surface area contributed by atoms with E-state index in [2.05, 4.69) is 20.8 Å². The molecule has 2 aliphatic heterocycles. The molecular formula is C31H41N3O6S. The number of fused-ring (bicyclic) bond motifs is 1. The van der Waals surface area contributed by atoms with E-state index in [9.17, 15) is 24.3 Å². The molecule has 0 radical (unpaired) electrons. The van der Waals surface area contributed by atoms with Crippen LogP contribution in [0.25, 0.3) is 0 Å². The molecule has 9 nitrogen and oxygen atoms in total. The number of rotatable bonds is 8. The van der Waals surface area contributed by atoms with Gasteiger partial charge in [-0.3, -0.25) is 9.59 Å². The molecule has 0 saturated carbocycles. The fourth-order valence-corrected chi connectivity index (χ4v) is 6.78. The lowest BCUT2D eigenvalue weighted by Crippen LogP contribution is -3.11. The van der Waals surface area contributed by atoms with Gasteiger partial charge in [0.2, 0.25) is 5.91 Å². The third-order valence-corrected chi connectivity index (χ3v) is 9.32. The summed E-state index contributed by atoms with van der Waals surface area (Å²) in [6.45, 7) is 17.7. The number of benzene rings is 2. The Morgan fingerprint density at radius 1 is 1.00 bits per heavy atom. The first-order valence-electron chi connectivity index (χ1n) is 14.1. The summed E-state index contributed by atoms with van der Waals surface area (Å²) < 4.78 is 4.66. The summed E-state index contributed by atoms with van der Waals surface area (Å²) in [7, 11) is 0. The smallest absolute Gasteiger partial charge is 0.422 e. The van der Waals surface area contributed by atoms with Crippen LogP contribution < -0.4 is 14.7 Å². The standard InChI is InChI=1S/C25H26N2O6S.C6H15N/c1-14-10-11-17(12-15(14)2)33-24(32)26(18(28)13-16-8-6-5-7-9-16)19-21(29)27-20(23(30)31)25(3,4)34-22(19)27;1-4-7(5-2)6-3/h5-12,19-20,22H,13H2,1-4H3,(H,30,31);4-6H2,1-3H3/t19?,20?,22-;/m1./s1. The highest BCUT2D eigenvalue weighted by atomic mass is 32.2. The van der Waals surface area contributed by atoms with E-state index >= 15 is 0 Å². The predicted octanol–water partition coefficient (Wildman–Crippen LogP) is 1.99. The highest BCUT2D eigenvalue weighted by Gasteiger charge is 2.65. The van der Waals surface area contributed by atoms with Crippen molar-refractivity contribution in [2.24, 2.45) is 0 Å². The molecule has 1 N–H and O–H groups in total. The zero-order valence-electron chi connectivity index (χ0n) is 24.9. The summed E-state index contributed by atoms with van der Waals surface area (Å²) in [6, 6.07) is 11.6. The number of carboxylic acids is 1. The second kappa shape index (κ2) is 13.5. The predicted molar refractivity (Wildman–Crippen MR) is 156 cm³/mol. The van der Waals surface area contributed by atoms with Crippen molar-refractivity contribution in [3.05, 3.63) is 65.2 Å². The number of carboxylic acid groups (broad SMARTS) is 1. The summed E-state index contributed by atoms with van der Waals surface area (Å²) >= 11 is 1.23. The molecule has 2 saturated heterocycles. The van der Waals surface area contributed by atoms with Gasteiger partial charge in [-0.25, -0.2) is 9.69 Å². The van der Waals surface area contributed by atoms with Crippen molar-refractivity contribution >= 4 is 35.6 Å². The van der Waals surface area contributed by atoms with Gasteiger partial charge in [0, 0.05) is 4.75 Å². The number of nitrogens with one attached hydrogen (secondary N) is 1. The summed E-state index contributed by atoms with van der Waals surface area (Å²) in [4.78, 5) is 55.2. The number of hydrogen-bond acceptors (Lipinski definition) is 7. The molecule has 222 valence electrons. The van der Waals surface area contributed by atoms with E-state index in [1.807, 2.05) is 19.9 Å². The molecule has 2 aromatic carbocycles. The molecule has 2 fully saturated rings. The lowest BCUT2D eigenvalue weighted by molar-refractivity contribution is -0.894. The van der Waals surface area contributed by atoms with Crippen LogP contribution in [0.3, 0.4) is 0 Å². The first-order chi connectivity index (χ1) is 19.4. The molecule has 4 rings (SSSR count). The van der Waals surface area contributed by atoms with Crippen LogP contribution in [0.1, 0.15) is 51.3 Å². The summed E-state index contributed by atoms with van der Waals surface area (Å²) in [5.41, 5.74) is 2.59. The normalized spacial score (nSPS) is 20.4. The second-order valence-electron chi connectivity index (χ2n) is 10.9. The topological polar surface area (TPSA) is 111 Å². The quantitative estimate of drug-likeness (QED) is 0.473. The van der Waals surface area contributed by atoms with Crippen LogP contribution in [0.5, 0.6) is 5.75 Å². The highest BCUT2D eigenvalue weighted by Crippen LogP contribution is 2.52. The van der Waals surface area contributed by atoms with Gasteiger partial charge in [0.1, 0.15) is 11.1 Å². The van der Waals surface area contributed by atoms with Crippen LogP contribution in [0, 0.1) is 13.8 Å². The van der Waals surface area contributed by atoms with Crippen molar-refractivity contribution in [2.75, 3.05) is 19.6 Å². The molecule has 2 unspecified atom stereocenters. The number of amides is 3. The molecular weight excluding hydrogens is 542 g/mol. The van der Waals surface area contributed by atoms with Gasteiger partial charge >= 0.3 is 6.09 Å². The molecule has 2 aromatic rings. The minimum absolute atomic E-state index is 0.114. The van der Waals surface area contributed by atoms with Crippen LogP contribution in [0.4, 0.5) is 4.79 Å². The second-order valence-corrected chi connectivity index (χ2v) is 12.6. The fourth-order valence-electron chi connectivity index (χ4n) is 5.12. The molecule has 10 heteroatoms. The lowest BCUT2D eigenvalue weighted by atomic mass is 9.95. The Bertz CT molecular complexity index is 1260. The number of imide groups is 1.